The first-order valence-corrected chi connectivity index (χ1v) is 9.66. The number of hydrogen-bond acceptors (Lipinski definition) is 6. The van der Waals surface area contributed by atoms with Crippen molar-refractivity contribution in [1.29, 1.82) is 0 Å². The van der Waals surface area contributed by atoms with Crippen molar-refractivity contribution in [3.63, 3.8) is 0 Å². The van der Waals surface area contributed by atoms with Crippen LogP contribution in [0.25, 0.3) is 0 Å². The number of β-amino-alcohol motifs (C(OH)–C–C–N with tert-alkyl or cyclic N) is 1. The molecule has 1 aliphatic heterocycles. The predicted octanol–water partition coefficient (Wildman–Crippen LogP) is 2.29. The lowest BCUT2D eigenvalue weighted by molar-refractivity contribution is 0.137. The Labute approximate surface area is 164 Å². The molecule has 1 fully saturated rings. The van der Waals surface area contributed by atoms with Gasteiger partial charge in [0.25, 0.3) is 0 Å². The summed E-state index contributed by atoms with van der Waals surface area (Å²) in [5.41, 5.74) is 2.01. The number of aromatic nitrogens is 3. The first kappa shape index (κ1) is 18.7. The van der Waals surface area contributed by atoms with Gasteiger partial charge in [-0.25, -0.2) is 4.98 Å². The lowest BCUT2D eigenvalue weighted by Crippen LogP contribution is -2.22. The molecule has 0 bridgehead atoms. The van der Waals surface area contributed by atoms with Crippen molar-refractivity contribution in [1.82, 2.24) is 19.6 Å². The fourth-order valence-electron chi connectivity index (χ4n) is 3.74. The Morgan fingerprint density at radius 1 is 1.29 bits per heavy atom. The summed E-state index contributed by atoms with van der Waals surface area (Å²) in [4.78, 5) is 6.32. The van der Waals surface area contributed by atoms with Gasteiger partial charge in [-0.2, -0.15) is 0 Å². The number of aliphatic hydroxyl groups excluding tert-OH is 1. The van der Waals surface area contributed by atoms with E-state index in [0.717, 1.165) is 42.4 Å². The highest BCUT2D eigenvalue weighted by Gasteiger charge is 2.32. The van der Waals surface area contributed by atoms with Gasteiger partial charge in [-0.15, -0.1) is 0 Å². The number of ether oxygens (including phenoxy) is 1. The van der Waals surface area contributed by atoms with Crippen LogP contribution in [0.1, 0.15) is 17.0 Å². The third-order valence-corrected chi connectivity index (χ3v) is 5.16. The van der Waals surface area contributed by atoms with E-state index in [1.807, 2.05) is 42.0 Å². The quantitative estimate of drug-likeness (QED) is 0.644. The highest BCUT2D eigenvalue weighted by atomic mass is 16.5. The minimum atomic E-state index is -0.361. The zero-order valence-electron chi connectivity index (χ0n) is 16.1. The van der Waals surface area contributed by atoms with Gasteiger partial charge in [0.05, 0.1) is 24.7 Å². The Kier molecular flexibility index (Phi) is 5.73. The first-order valence-electron chi connectivity index (χ1n) is 9.66. The van der Waals surface area contributed by atoms with Crippen molar-refractivity contribution in [2.75, 3.05) is 19.7 Å². The summed E-state index contributed by atoms with van der Waals surface area (Å²) in [6.45, 7) is 5.49. The van der Waals surface area contributed by atoms with Crippen molar-refractivity contribution in [2.45, 2.75) is 32.5 Å². The normalized spacial score (nSPS) is 19.9. The average Bonchev–Trinajstić information content (AvgIpc) is 3.40. The summed E-state index contributed by atoms with van der Waals surface area (Å²) >= 11 is 0. The second kappa shape index (κ2) is 8.58. The van der Waals surface area contributed by atoms with E-state index in [2.05, 4.69) is 21.1 Å². The molecule has 3 aromatic rings. The summed E-state index contributed by atoms with van der Waals surface area (Å²) in [7, 11) is 0. The molecular weight excluding hydrogens is 356 g/mol. The second-order valence-corrected chi connectivity index (χ2v) is 7.42. The Morgan fingerprint density at radius 2 is 2.18 bits per heavy atom. The number of rotatable bonds is 8. The molecular formula is C21H26N4O3. The topological polar surface area (TPSA) is 76.5 Å². The molecule has 148 valence electrons. The van der Waals surface area contributed by atoms with Crippen molar-refractivity contribution in [3.05, 3.63) is 66.1 Å². The zero-order chi connectivity index (χ0) is 19.3. The van der Waals surface area contributed by atoms with Gasteiger partial charge in [-0.05, 0) is 13.0 Å². The molecule has 0 amide bonds. The standard InChI is InChI=1S/C21H26N4O3/c1-16-10-19(28-23-16)11-18-13-25(14-20(18)26)12-17-4-2-3-5-21(17)27-9-8-24-7-6-22-15-24/h2-7,10,15,18,20,26H,8-9,11-14H2,1H3/t18-,20+/m1/s1. The van der Waals surface area contributed by atoms with Crippen molar-refractivity contribution < 1.29 is 14.4 Å². The van der Waals surface area contributed by atoms with Gasteiger partial charge >= 0.3 is 0 Å². The minimum absolute atomic E-state index is 0.154. The SMILES string of the molecule is Cc1cc(C[C@@H]2CN(Cc3ccccc3OCCn3ccnc3)C[C@@H]2O)on1. The lowest BCUT2D eigenvalue weighted by Gasteiger charge is -2.18. The van der Waals surface area contributed by atoms with Crippen molar-refractivity contribution >= 4 is 0 Å². The predicted molar refractivity (Wildman–Crippen MR) is 104 cm³/mol. The number of likely N-dealkylation sites (tertiary alicyclic amines) is 1. The maximum absolute atomic E-state index is 10.5. The van der Waals surface area contributed by atoms with Crippen molar-refractivity contribution in [2.24, 2.45) is 5.92 Å². The largest absolute Gasteiger partial charge is 0.491 e. The third kappa shape index (κ3) is 4.61. The van der Waals surface area contributed by atoms with Gasteiger partial charge in [-0.1, -0.05) is 23.4 Å². The van der Waals surface area contributed by atoms with E-state index >= 15 is 0 Å². The number of aliphatic hydroxyl groups is 1. The molecule has 3 heterocycles. The smallest absolute Gasteiger partial charge is 0.137 e. The fraction of sp³-hybridized carbons (Fsp3) is 0.429. The zero-order valence-corrected chi connectivity index (χ0v) is 16.1. The third-order valence-electron chi connectivity index (χ3n) is 5.16. The van der Waals surface area contributed by atoms with Crippen LogP contribution in [0.3, 0.4) is 0 Å². The number of imidazole rings is 1. The summed E-state index contributed by atoms with van der Waals surface area (Å²) in [5.74, 6) is 1.89. The molecule has 1 aromatic carbocycles. The van der Waals surface area contributed by atoms with Gasteiger partial charge < -0.3 is 18.9 Å². The molecule has 7 nitrogen and oxygen atoms in total. The van der Waals surface area contributed by atoms with Crippen LogP contribution in [0.5, 0.6) is 5.75 Å². The summed E-state index contributed by atoms with van der Waals surface area (Å²) < 4.78 is 13.3. The van der Waals surface area contributed by atoms with Gasteiger partial charge in [0.1, 0.15) is 18.1 Å². The van der Waals surface area contributed by atoms with Gasteiger partial charge in [0.2, 0.25) is 0 Å². The Balaban J connectivity index is 1.33. The van der Waals surface area contributed by atoms with Crippen LogP contribution < -0.4 is 4.74 Å². The molecule has 0 radical (unpaired) electrons. The molecule has 2 atom stereocenters. The van der Waals surface area contributed by atoms with E-state index in [4.69, 9.17) is 9.26 Å². The molecule has 0 unspecified atom stereocenters. The Bertz CT molecular complexity index is 877. The Hall–Kier alpha value is -2.64. The van der Waals surface area contributed by atoms with Crippen LogP contribution in [0, 0.1) is 12.8 Å². The first-order chi connectivity index (χ1) is 13.7. The average molecular weight is 382 g/mol. The van der Waals surface area contributed by atoms with Crippen LogP contribution >= 0.6 is 0 Å². The summed E-state index contributed by atoms with van der Waals surface area (Å²) in [6.07, 6.45) is 5.83. The lowest BCUT2D eigenvalue weighted by atomic mass is 10.0. The van der Waals surface area contributed by atoms with Crippen LogP contribution in [0.15, 0.2) is 53.6 Å². The number of aryl methyl sites for hydroxylation is 1. The summed E-state index contributed by atoms with van der Waals surface area (Å²) in [5, 5.41) is 14.4. The van der Waals surface area contributed by atoms with E-state index in [1.165, 1.54) is 0 Å². The number of hydrogen-bond donors (Lipinski definition) is 1. The van der Waals surface area contributed by atoms with E-state index in [9.17, 15) is 5.11 Å². The number of para-hydroxylation sites is 1. The van der Waals surface area contributed by atoms with E-state index < -0.39 is 0 Å². The minimum Gasteiger partial charge on any atom is -0.491 e. The molecule has 7 heteroatoms. The van der Waals surface area contributed by atoms with E-state index in [1.54, 1.807) is 12.5 Å². The molecule has 1 saturated heterocycles. The molecule has 0 spiro atoms. The van der Waals surface area contributed by atoms with Crippen molar-refractivity contribution in [3.8, 4) is 5.75 Å². The number of nitrogens with zero attached hydrogens (tertiary/aromatic N) is 4. The van der Waals surface area contributed by atoms with Gasteiger partial charge in [0, 0.05) is 56.0 Å². The van der Waals surface area contributed by atoms with Crippen LogP contribution in [0.2, 0.25) is 0 Å². The van der Waals surface area contributed by atoms with Crippen LogP contribution in [-0.2, 0) is 19.5 Å². The molecule has 1 aliphatic rings. The molecule has 0 aliphatic carbocycles. The highest BCUT2D eigenvalue weighted by molar-refractivity contribution is 5.33. The maximum Gasteiger partial charge on any atom is 0.137 e. The highest BCUT2D eigenvalue weighted by Crippen LogP contribution is 2.26. The van der Waals surface area contributed by atoms with E-state index in [-0.39, 0.29) is 12.0 Å². The van der Waals surface area contributed by atoms with Crippen LogP contribution in [0.4, 0.5) is 0 Å². The number of benzene rings is 1. The fourth-order valence-corrected chi connectivity index (χ4v) is 3.74. The van der Waals surface area contributed by atoms with Crippen LogP contribution in [-0.4, -0.2) is 50.5 Å². The molecule has 2 aromatic heterocycles. The molecule has 28 heavy (non-hydrogen) atoms. The maximum atomic E-state index is 10.5. The second-order valence-electron chi connectivity index (χ2n) is 7.42. The van der Waals surface area contributed by atoms with Gasteiger partial charge in [-0.3, -0.25) is 4.90 Å². The monoisotopic (exact) mass is 382 g/mol. The summed E-state index contributed by atoms with van der Waals surface area (Å²) in [6, 6.07) is 10.1. The van der Waals surface area contributed by atoms with Gasteiger partial charge in [0.15, 0.2) is 0 Å². The Morgan fingerprint density at radius 3 is 2.96 bits per heavy atom. The van der Waals surface area contributed by atoms with E-state index in [0.29, 0.717) is 19.6 Å². The molecule has 1 N–H and O–H groups in total. The molecule has 0 saturated carbocycles. The molecule has 4 rings (SSSR count).